The average molecular weight is 262 g/mol. The number of aromatic nitrogens is 2. The highest BCUT2D eigenvalue weighted by Crippen LogP contribution is 2.27. The summed E-state index contributed by atoms with van der Waals surface area (Å²) in [6.45, 7) is 4.19. The second-order valence-electron chi connectivity index (χ2n) is 4.33. The van der Waals surface area contributed by atoms with Crippen molar-refractivity contribution < 1.29 is 5.11 Å². The maximum Gasteiger partial charge on any atom is 0.117 e. The van der Waals surface area contributed by atoms with Crippen molar-refractivity contribution in [3.63, 3.8) is 0 Å². The molecule has 1 unspecified atom stereocenters. The fourth-order valence-corrected chi connectivity index (χ4v) is 2.73. The molecule has 0 aliphatic carbocycles. The largest absolute Gasteiger partial charge is 0.383 e. The first kappa shape index (κ1) is 13.2. The van der Waals surface area contributed by atoms with E-state index in [0.29, 0.717) is 0 Å². The maximum atomic E-state index is 10.3. The molecule has 2 aromatic rings. The molecule has 0 radical (unpaired) electrons. The van der Waals surface area contributed by atoms with Gasteiger partial charge in [0.1, 0.15) is 6.10 Å². The molecule has 1 aromatic carbocycles. The SMILES string of the molecule is CCCc1ccc(C(O)c2snnc2CC)cc1. The monoisotopic (exact) mass is 262 g/mol. The van der Waals surface area contributed by atoms with Crippen LogP contribution in [0.25, 0.3) is 0 Å². The zero-order valence-electron chi connectivity index (χ0n) is 10.8. The minimum Gasteiger partial charge on any atom is -0.383 e. The van der Waals surface area contributed by atoms with Crippen molar-refractivity contribution in [2.75, 3.05) is 0 Å². The predicted octanol–water partition coefficient (Wildman–Crippen LogP) is 3.13. The van der Waals surface area contributed by atoms with Crippen LogP contribution in [0.3, 0.4) is 0 Å². The number of aryl methyl sites for hydroxylation is 2. The van der Waals surface area contributed by atoms with E-state index in [1.54, 1.807) is 0 Å². The molecule has 0 aliphatic heterocycles. The van der Waals surface area contributed by atoms with Gasteiger partial charge in [0.05, 0.1) is 10.6 Å². The van der Waals surface area contributed by atoms with Crippen LogP contribution < -0.4 is 0 Å². The molecule has 2 rings (SSSR count). The Balaban J connectivity index is 2.20. The number of rotatable bonds is 5. The third-order valence-electron chi connectivity index (χ3n) is 3.00. The van der Waals surface area contributed by atoms with Crippen LogP contribution in [-0.4, -0.2) is 14.7 Å². The fourth-order valence-electron chi connectivity index (χ4n) is 1.97. The van der Waals surface area contributed by atoms with Gasteiger partial charge in [0.15, 0.2) is 0 Å². The van der Waals surface area contributed by atoms with Gasteiger partial charge in [0, 0.05) is 0 Å². The maximum absolute atomic E-state index is 10.3. The third-order valence-corrected chi connectivity index (χ3v) is 3.82. The van der Waals surface area contributed by atoms with Crippen LogP contribution in [0, 0.1) is 0 Å². The van der Waals surface area contributed by atoms with E-state index >= 15 is 0 Å². The van der Waals surface area contributed by atoms with Gasteiger partial charge in [0.2, 0.25) is 0 Å². The first-order valence-electron chi connectivity index (χ1n) is 6.34. The molecule has 0 spiro atoms. The lowest BCUT2D eigenvalue weighted by Gasteiger charge is -2.10. The quantitative estimate of drug-likeness (QED) is 0.900. The smallest absolute Gasteiger partial charge is 0.117 e. The molecule has 0 amide bonds. The molecule has 96 valence electrons. The minimum atomic E-state index is -0.601. The Labute approximate surface area is 112 Å². The molecule has 0 bridgehead atoms. The van der Waals surface area contributed by atoms with Gasteiger partial charge in [-0.2, -0.15) is 0 Å². The molecule has 1 aromatic heterocycles. The fraction of sp³-hybridized carbons (Fsp3) is 0.429. The van der Waals surface area contributed by atoms with Crippen LogP contribution in [0.1, 0.15) is 48.1 Å². The molecule has 4 heteroatoms. The second kappa shape index (κ2) is 6.07. The van der Waals surface area contributed by atoms with Gasteiger partial charge in [-0.1, -0.05) is 49.0 Å². The van der Waals surface area contributed by atoms with E-state index < -0.39 is 6.10 Å². The Morgan fingerprint density at radius 1 is 1.22 bits per heavy atom. The number of nitrogens with zero attached hydrogens (tertiary/aromatic N) is 2. The van der Waals surface area contributed by atoms with Gasteiger partial charge in [-0.3, -0.25) is 0 Å². The van der Waals surface area contributed by atoms with Crippen LogP contribution in [0.15, 0.2) is 24.3 Å². The molecule has 1 heterocycles. The third kappa shape index (κ3) is 2.76. The van der Waals surface area contributed by atoms with E-state index in [1.165, 1.54) is 17.1 Å². The van der Waals surface area contributed by atoms with Crippen molar-refractivity contribution in [2.24, 2.45) is 0 Å². The second-order valence-corrected chi connectivity index (χ2v) is 5.12. The lowest BCUT2D eigenvalue weighted by molar-refractivity contribution is 0.223. The summed E-state index contributed by atoms with van der Waals surface area (Å²) in [6, 6.07) is 8.16. The molecular formula is C14H18N2OS. The Kier molecular flexibility index (Phi) is 4.44. The molecule has 0 fully saturated rings. The highest BCUT2D eigenvalue weighted by atomic mass is 32.1. The highest BCUT2D eigenvalue weighted by Gasteiger charge is 2.17. The average Bonchev–Trinajstić information content (AvgIpc) is 2.87. The Bertz CT molecular complexity index is 493. The summed E-state index contributed by atoms with van der Waals surface area (Å²) in [5.41, 5.74) is 3.12. The lowest BCUT2D eigenvalue weighted by atomic mass is 10.0. The van der Waals surface area contributed by atoms with Crippen LogP contribution in [0.5, 0.6) is 0 Å². The van der Waals surface area contributed by atoms with Crippen LogP contribution in [0.4, 0.5) is 0 Å². The highest BCUT2D eigenvalue weighted by molar-refractivity contribution is 7.05. The molecule has 1 atom stereocenters. The van der Waals surface area contributed by atoms with Gasteiger partial charge in [-0.25, -0.2) is 0 Å². The molecule has 3 nitrogen and oxygen atoms in total. The van der Waals surface area contributed by atoms with E-state index in [9.17, 15) is 5.11 Å². The summed E-state index contributed by atoms with van der Waals surface area (Å²) < 4.78 is 3.92. The van der Waals surface area contributed by atoms with Crippen LogP contribution in [0.2, 0.25) is 0 Å². The lowest BCUT2D eigenvalue weighted by Crippen LogP contribution is -2.01. The van der Waals surface area contributed by atoms with Gasteiger partial charge < -0.3 is 5.11 Å². The summed E-state index contributed by atoms with van der Waals surface area (Å²) in [6.07, 6.45) is 2.42. The van der Waals surface area contributed by atoms with Crippen molar-refractivity contribution in [3.05, 3.63) is 46.0 Å². The summed E-state index contributed by atoms with van der Waals surface area (Å²) in [5, 5.41) is 14.4. The molecule has 18 heavy (non-hydrogen) atoms. The molecule has 0 aliphatic rings. The molecule has 1 N–H and O–H groups in total. The Hall–Kier alpha value is -1.26. The first-order valence-corrected chi connectivity index (χ1v) is 7.11. The summed E-state index contributed by atoms with van der Waals surface area (Å²) in [7, 11) is 0. The number of hydrogen-bond donors (Lipinski definition) is 1. The Morgan fingerprint density at radius 3 is 2.56 bits per heavy atom. The van der Waals surface area contributed by atoms with Gasteiger partial charge in [-0.05, 0) is 35.5 Å². The summed E-state index contributed by atoms with van der Waals surface area (Å²) >= 11 is 1.28. The van der Waals surface area contributed by atoms with E-state index in [-0.39, 0.29) is 0 Å². The number of aliphatic hydroxyl groups excluding tert-OH is 1. The van der Waals surface area contributed by atoms with E-state index in [2.05, 4.69) is 28.6 Å². The van der Waals surface area contributed by atoms with Gasteiger partial charge >= 0.3 is 0 Å². The number of hydrogen-bond acceptors (Lipinski definition) is 4. The predicted molar refractivity (Wildman–Crippen MR) is 73.8 cm³/mol. The van der Waals surface area contributed by atoms with Crippen molar-refractivity contribution in [1.29, 1.82) is 0 Å². The van der Waals surface area contributed by atoms with E-state index in [1.807, 2.05) is 19.1 Å². The first-order chi connectivity index (χ1) is 8.76. The normalized spacial score (nSPS) is 12.6. The molecular weight excluding hydrogens is 244 g/mol. The van der Waals surface area contributed by atoms with Crippen LogP contribution in [-0.2, 0) is 12.8 Å². The molecule has 0 saturated heterocycles. The van der Waals surface area contributed by atoms with Gasteiger partial charge in [0.25, 0.3) is 0 Å². The van der Waals surface area contributed by atoms with Crippen molar-refractivity contribution in [2.45, 2.75) is 39.2 Å². The summed E-state index contributed by atoms with van der Waals surface area (Å²) in [4.78, 5) is 0.862. The standard InChI is InChI=1S/C14H18N2OS/c1-3-5-10-6-8-11(9-7-10)13(17)14-12(4-2)15-16-18-14/h6-9,13,17H,3-5H2,1-2H3. The van der Waals surface area contributed by atoms with E-state index in [4.69, 9.17) is 0 Å². The molecule has 0 saturated carbocycles. The number of benzene rings is 1. The van der Waals surface area contributed by atoms with E-state index in [0.717, 1.165) is 35.4 Å². The summed E-state index contributed by atoms with van der Waals surface area (Å²) in [5.74, 6) is 0. The van der Waals surface area contributed by atoms with Crippen molar-refractivity contribution >= 4 is 11.5 Å². The van der Waals surface area contributed by atoms with Crippen molar-refractivity contribution in [1.82, 2.24) is 9.59 Å². The van der Waals surface area contributed by atoms with Crippen molar-refractivity contribution in [3.8, 4) is 0 Å². The Morgan fingerprint density at radius 2 is 1.94 bits per heavy atom. The topological polar surface area (TPSA) is 46.0 Å². The minimum absolute atomic E-state index is 0.601. The zero-order chi connectivity index (χ0) is 13.0. The zero-order valence-corrected chi connectivity index (χ0v) is 11.6. The van der Waals surface area contributed by atoms with Gasteiger partial charge in [-0.15, -0.1) is 5.10 Å². The number of aliphatic hydroxyl groups is 1. The van der Waals surface area contributed by atoms with Crippen LogP contribution >= 0.6 is 11.5 Å².